The van der Waals surface area contributed by atoms with Crippen molar-refractivity contribution >= 4 is 35.8 Å². The first-order valence-corrected chi connectivity index (χ1v) is 7.52. The topological polar surface area (TPSA) is 52.6 Å². The minimum Gasteiger partial charge on any atom is -0.363 e. The monoisotopic (exact) mass is 415 g/mol. The summed E-state index contributed by atoms with van der Waals surface area (Å²) < 4.78 is 0. The van der Waals surface area contributed by atoms with Crippen molar-refractivity contribution in [1.29, 1.82) is 0 Å². The van der Waals surface area contributed by atoms with E-state index in [0.717, 1.165) is 36.9 Å². The van der Waals surface area contributed by atoms with Gasteiger partial charge < -0.3 is 15.5 Å². The number of nitrogens with one attached hydrogen (secondary N) is 2. The zero-order valence-electron chi connectivity index (χ0n) is 13.5. The maximum atomic E-state index is 4.63. The van der Waals surface area contributed by atoms with Gasteiger partial charge in [0.1, 0.15) is 5.82 Å². The molecule has 2 N–H and O–H groups in total. The van der Waals surface area contributed by atoms with Crippen LogP contribution in [-0.4, -0.2) is 37.6 Å². The molecule has 122 valence electrons. The molecule has 0 unspecified atom stereocenters. The summed E-state index contributed by atoms with van der Waals surface area (Å²) in [6.07, 6.45) is 6.56. The Morgan fingerprint density at radius 3 is 2.68 bits per heavy atom. The van der Waals surface area contributed by atoms with Gasteiger partial charge in [0.2, 0.25) is 0 Å². The molecular formula is C16H26IN5. The Bertz CT molecular complexity index is 505. The first kappa shape index (κ1) is 18.7. The summed E-state index contributed by atoms with van der Waals surface area (Å²) in [6, 6.07) is 6.50. The highest BCUT2D eigenvalue weighted by atomic mass is 127. The third-order valence-corrected chi connectivity index (χ3v) is 3.34. The van der Waals surface area contributed by atoms with Crippen molar-refractivity contribution in [3.8, 4) is 0 Å². The number of hydrogen-bond donors (Lipinski definition) is 2. The standard InChI is InChI=1S/C16H25N5.HI/c1-4-17-16(20-13-8-5-6-9-13)18-12-14-10-7-11-15(19-14)21(2)3;/h5-7,10-11,13H,4,8-9,12H2,1-3H3,(H2,17,18,20);1H. The highest BCUT2D eigenvalue weighted by Crippen LogP contribution is 2.10. The molecule has 1 aliphatic carbocycles. The summed E-state index contributed by atoms with van der Waals surface area (Å²) in [7, 11) is 3.99. The second-order valence-corrected chi connectivity index (χ2v) is 5.36. The lowest BCUT2D eigenvalue weighted by Crippen LogP contribution is -2.42. The van der Waals surface area contributed by atoms with E-state index in [2.05, 4.69) is 39.7 Å². The van der Waals surface area contributed by atoms with Crippen molar-refractivity contribution in [3.05, 3.63) is 36.0 Å². The molecule has 0 radical (unpaired) electrons. The highest BCUT2D eigenvalue weighted by molar-refractivity contribution is 14.0. The summed E-state index contributed by atoms with van der Waals surface area (Å²) in [4.78, 5) is 11.2. The second-order valence-electron chi connectivity index (χ2n) is 5.36. The fourth-order valence-corrected chi connectivity index (χ4v) is 2.21. The minimum atomic E-state index is 0. The molecule has 0 saturated carbocycles. The van der Waals surface area contributed by atoms with Crippen LogP contribution in [0.4, 0.5) is 5.82 Å². The van der Waals surface area contributed by atoms with Gasteiger partial charge in [-0.05, 0) is 31.9 Å². The number of anilines is 1. The van der Waals surface area contributed by atoms with E-state index in [1.54, 1.807) is 0 Å². The van der Waals surface area contributed by atoms with Crippen LogP contribution >= 0.6 is 24.0 Å². The summed E-state index contributed by atoms with van der Waals surface area (Å²) >= 11 is 0. The zero-order valence-corrected chi connectivity index (χ0v) is 15.9. The predicted octanol–water partition coefficient (Wildman–Crippen LogP) is 2.54. The van der Waals surface area contributed by atoms with Crippen LogP contribution < -0.4 is 15.5 Å². The van der Waals surface area contributed by atoms with Crippen molar-refractivity contribution in [2.24, 2.45) is 4.99 Å². The van der Waals surface area contributed by atoms with Gasteiger partial charge in [-0.1, -0.05) is 18.2 Å². The molecule has 0 aliphatic heterocycles. The number of aromatic nitrogens is 1. The molecule has 1 heterocycles. The Hall–Kier alpha value is -1.31. The average molecular weight is 415 g/mol. The Morgan fingerprint density at radius 2 is 2.05 bits per heavy atom. The zero-order chi connectivity index (χ0) is 15.1. The van der Waals surface area contributed by atoms with Gasteiger partial charge in [-0.15, -0.1) is 24.0 Å². The van der Waals surface area contributed by atoms with E-state index in [1.807, 2.05) is 37.2 Å². The van der Waals surface area contributed by atoms with E-state index in [1.165, 1.54) is 0 Å². The van der Waals surface area contributed by atoms with Gasteiger partial charge in [-0.3, -0.25) is 0 Å². The third kappa shape index (κ3) is 5.82. The van der Waals surface area contributed by atoms with Crippen LogP contribution in [0.1, 0.15) is 25.5 Å². The average Bonchev–Trinajstić information content (AvgIpc) is 2.98. The molecule has 0 saturated heterocycles. The van der Waals surface area contributed by atoms with Crippen molar-refractivity contribution < 1.29 is 0 Å². The Kier molecular flexibility index (Phi) is 8.22. The quantitative estimate of drug-likeness (QED) is 0.336. The van der Waals surface area contributed by atoms with E-state index in [4.69, 9.17) is 0 Å². The summed E-state index contributed by atoms with van der Waals surface area (Å²) in [6.45, 7) is 3.52. The number of nitrogens with zero attached hydrogens (tertiary/aromatic N) is 3. The van der Waals surface area contributed by atoms with Gasteiger partial charge in [0.15, 0.2) is 5.96 Å². The molecule has 0 amide bonds. The minimum absolute atomic E-state index is 0. The SMILES string of the molecule is CCNC(=NCc1cccc(N(C)C)n1)NC1CC=CC1.I. The third-order valence-electron chi connectivity index (χ3n) is 3.34. The van der Waals surface area contributed by atoms with E-state index in [-0.39, 0.29) is 24.0 Å². The number of hydrogen-bond acceptors (Lipinski definition) is 3. The fraction of sp³-hybridized carbons (Fsp3) is 0.500. The number of aliphatic imine (C=N–C) groups is 1. The Balaban J connectivity index is 0.00000242. The lowest BCUT2D eigenvalue weighted by atomic mass is 10.2. The molecule has 0 fully saturated rings. The first-order valence-electron chi connectivity index (χ1n) is 7.52. The molecule has 0 bridgehead atoms. The molecule has 1 aromatic rings. The van der Waals surface area contributed by atoms with E-state index >= 15 is 0 Å². The van der Waals surface area contributed by atoms with Gasteiger partial charge in [-0.2, -0.15) is 0 Å². The van der Waals surface area contributed by atoms with Crippen LogP contribution in [-0.2, 0) is 6.54 Å². The van der Waals surface area contributed by atoms with E-state index in [9.17, 15) is 0 Å². The maximum Gasteiger partial charge on any atom is 0.191 e. The number of guanidine groups is 1. The summed E-state index contributed by atoms with van der Waals surface area (Å²) in [5.41, 5.74) is 0.975. The lowest BCUT2D eigenvalue weighted by Gasteiger charge is -2.17. The van der Waals surface area contributed by atoms with Crippen LogP contribution in [0.2, 0.25) is 0 Å². The van der Waals surface area contributed by atoms with Crippen molar-refractivity contribution in [1.82, 2.24) is 15.6 Å². The molecule has 0 aromatic carbocycles. The van der Waals surface area contributed by atoms with E-state index in [0.29, 0.717) is 12.6 Å². The number of halogens is 1. The van der Waals surface area contributed by atoms with Crippen LogP contribution in [0.25, 0.3) is 0 Å². The maximum absolute atomic E-state index is 4.63. The molecule has 6 heteroatoms. The van der Waals surface area contributed by atoms with Crippen LogP contribution in [0.15, 0.2) is 35.3 Å². The number of pyridine rings is 1. The van der Waals surface area contributed by atoms with Crippen LogP contribution in [0.5, 0.6) is 0 Å². The van der Waals surface area contributed by atoms with Crippen molar-refractivity contribution in [3.63, 3.8) is 0 Å². The first-order chi connectivity index (χ1) is 10.2. The van der Waals surface area contributed by atoms with Gasteiger partial charge in [0.05, 0.1) is 12.2 Å². The predicted molar refractivity (Wildman–Crippen MR) is 104 cm³/mol. The van der Waals surface area contributed by atoms with Crippen molar-refractivity contribution in [2.75, 3.05) is 25.5 Å². The Morgan fingerprint density at radius 1 is 1.32 bits per heavy atom. The number of rotatable bonds is 5. The normalized spacial score (nSPS) is 14.6. The fourth-order valence-electron chi connectivity index (χ4n) is 2.21. The second kappa shape index (κ2) is 9.66. The molecular weight excluding hydrogens is 389 g/mol. The molecule has 0 atom stereocenters. The molecule has 1 aliphatic rings. The molecule has 5 nitrogen and oxygen atoms in total. The van der Waals surface area contributed by atoms with Crippen molar-refractivity contribution in [2.45, 2.75) is 32.4 Å². The van der Waals surface area contributed by atoms with Gasteiger partial charge in [0.25, 0.3) is 0 Å². The van der Waals surface area contributed by atoms with Gasteiger partial charge in [0, 0.05) is 26.7 Å². The smallest absolute Gasteiger partial charge is 0.191 e. The molecule has 0 spiro atoms. The van der Waals surface area contributed by atoms with Gasteiger partial charge in [-0.25, -0.2) is 9.98 Å². The largest absolute Gasteiger partial charge is 0.363 e. The molecule has 22 heavy (non-hydrogen) atoms. The highest BCUT2D eigenvalue weighted by Gasteiger charge is 2.11. The van der Waals surface area contributed by atoms with Gasteiger partial charge >= 0.3 is 0 Å². The van der Waals surface area contributed by atoms with Crippen LogP contribution in [0, 0.1) is 0 Å². The van der Waals surface area contributed by atoms with E-state index < -0.39 is 0 Å². The summed E-state index contributed by atoms with van der Waals surface area (Å²) in [5, 5.41) is 6.75. The van der Waals surface area contributed by atoms with Crippen LogP contribution in [0.3, 0.4) is 0 Å². The Labute approximate surface area is 150 Å². The lowest BCUT2D eigenvalue weighted by molar-refractivity contribution is 0.633. The molecule has 2 rings (SSSR count). The molecule has 1 aromatic heterocycles. The summed E-state index contributed by atoms with van der Waals surface area (Å²) in [5.74, 6) is 1.82.